The van der Waals surface area contributed by atoms with E-state index in [0.29, 0.717) is 22.8 Å². The summed E-state index contributed by atoms with van der Waals surface area (Å²) in [6, 6.07) is 8.82. The van der Waals surface area contributed by atoms with Crippen molar-refractivity contribution in [3.05, 3.63) is 58.0 Å². The Morgan fingerprint density at radius 1 is 1.39 bits per heavy atom. The topological polar surface area (TPSA) is 88.2 Å². The highest BCUT2D eigenvalue weighted by Gasteiger charge is 2.17. The number of thiophene rings is 1. The molecule has 0 aliphatic heterocycles. The third-order valence-electron chi connectivity index (χ3n) is 3.31. The second kappa shape index (κ2) is 6.72. The van der Waals surface area contributed by atoms with Crippen LogP contribution in [0.15, 0.2) is 45.6 Å². The molecule has 1 amide bonds. The molecule has 0 saturated heterocycles. The van der Waals surface area contributed by atoms with Crippen LogP contribution in [0.3, 0.4) is 0 Å². The smallest absolute Gasteiger partial charge is 0.258 e. The van der Waals surface area contributed by atoms with Crippen LogP contribution in [0.5, 0.6) is 0 Å². The van der Waals surface area contributed by atoms with Crippen LogP contribution in [0, 0.1) is 6.92 Å². The lowest BCUT2D eigenvalue weighted by Crippen LogP contribution is -2.28. The molecule has 118 valence electrons. The van der Waals surface area contributed by atoms with E-state index in [-0.39, 0.29) is 12.5 Å². The summed E-state index contributed by atoms with van der Waals surface area (Å²) in [6.45, 7) is 1.85. The molecule has 23 heavy (non-hydrogen) atoms. The van der Waals surface area contributed by atoms with Gasteiger partial charge in [0.05, 0.1) is 17.2 Å². The quantitative estimate of drug-likeness (QED) is 0.751. The summed E-state index contributed by atoms with van der Waals surface area (Å²) < 4.78 is 5.14. The minimum Gasteiger partial charge on any atom is -0.387 e. The molecule has 3 rings (SSSR count). The fourth-order valence-electron chi connectivity index (χ4n) is 2.14. The van der Waals surface area contributed by atoms with Crippen molar-refractivity contribution in [3.8, 4) is 11.5 Å². The molecule has 0 fully saturated rings. The number of aliphatic hydroxyl groups excluding tert-OH is 1. The van der Waals surface area contributed by atoms with Gasteiger partial charge in [0.2, 0.25) is 0 Å². The van der Waals surface area contributed by atoms with Crippen molar-refractivity contribution >= 4 is 17.2 Å². The molecule has 0 aliphatic carbocycles. The molecule has 1 atom stereocenters. The van der Waals surface area contributed by atoms with Gasteiger partial charge in [-0.25, -0.2) is 0 Å². The van der Waals surface area contributed by atoms with Crippen molar-refractivity contribution in [1.82, 2.24) is 15.5 Å². The van der Waals surface area contributed by atoms with E-state index in [1.165, 1.54) is 11.3 Å². The Kier molecular flexibility index (Phi) is 4.50. The number of aliphatic hydroxyl groups is 1. The zero-order valence-corrected chi connectivity index (χ0v) is 13.2. The van der Waals surface area contributed by atoms with Gasteiger partial charge in [-0.3, -0.25) is 4.79 Å². The van der Waals surface area contributed by atoms with Crippen LogP contribution >= 0.6 is 11.3 Å². The van der Waals surface area contributed by atoms with Crippen LogP contribution in [-0.4, -0.2) is 27.7 Å². The van der Waals surface area contributed by atoms with Crippen LogP contribution in [0.1, 0.15) is 27.8 Å². The standard InChI is InChI=1S/C16H15N3O3S/c1-10-18-16(22-19-10)13-5-3-2-4-12(13)15(21)17-8-14(20)11-6-7-23-9-11/h2-7,9,14,20H,8H2,1H3,(H,17,21)/t14-/m0/s1. The van der Waals surface area contributed by atoms with Crippen molar-refractivity contribution in [2.45, 2.75) is 13.0 Å². The van der Waals surface area contributed by atoms with Gasteiger partial charge in [-0.2, -0.15) is 16.3 Å². The molecule has 7 heteroatoms. The maximum absolute atomic E-state index is 12.4. The van der Waals surface area contributed by atoms with Gasteiger partial charge in [0.15, 0.2) is 5.82 Å². The average Bonchev–Trinajstić information content (AvgIpc) is 3.24. The summed E-state index contributed by atoms with van der Waals surface area (Å²) >= 11 is 1.50. The third kappa shape index (κ3) is 3.46. The Morgan fingerprint density at radius 3 is 2.91 bits per heavy atom. The van der Waals surface area contributed by atoms with Crippen molar-refractivity contribution in [1.29, 1.82) is 0 Å². The predicted octanol–water partition coefficient (Wildman–Crippen LogP) is 2.57. The van der Waals surface area contributed by atoms with Gasteiger partial charge in [0, 0.05) is 6.54 Å². The van der Waals surface area contributed by atoms with Crippen LogP contribution in [0.2, 0.25) is 0 Å². The number of rotatable bonds is 5. The monoisotopic (exact) mass is 329 g/mol. The zero-order valence-electron chi connectivity index (χ0n) is 12.4. The highest BCUT2D eigenvalue weighted by atomic mass is 32.1. The summed E-state index contributed by atoms with van der Waals surface area (Å²) in [7, 11) is 0. The molecular formula is C16H15N3O3S. The first-order valence-electron chi connectivity index (χ1n) is 7.03. The molecule has 3 aromatic rings. The number of nitrogens with one attached hydrogen (secondary N) is 1. The molecule has 0 radical (unpaired) electrons. The van der Waals surface area contributed by atoms with Gasteiger partial charge in [-0.15, -0.1) is 0 Å². The molecule has 2 aromatic heterocycles. The molecule has 0 saturated carbocycles. The summed E-state index contributed by atoms with van der Waals surface area (Å²) in [5.74, 6) is 0.500. The van der Waals surface area contributed by atoms with Crippen LogP contribution in [-0.2, 0) is 0 Å². The summed E-state index contributed by atoms with van der Waals surface area (Å²) in [5, 5.41) is 20.3. The van der Waals surface area contributed by atoms with Crippen LogP contribution in [0.4, 0.5) is 0 Å². The number of aromatic nitrogens is 2. The highest BCUT2D eigenvalue weighted by molar-refractivity contribution is 7.07. The number of carbonyl (C=O) groups excluding carboxylic acids is 1. The summed E-state index contributed by atoms with van der Waals surface area (Å²) in [5.41, 5.74) is 1.78. The minimum atomic E-state index is -0.733. The van der Waals surface area contributed by atoms with E-state index in [4.69, 9.17) is 4.52 Å². The van der Waals surface area contributed by atoms with Gasteiger partial charge >= 0.3 is 0 Å². The maximum atomic E-state index is 12.4. The largest absolute Gasteiger partial charge is 0.387 e. The molecule has 1 aromatic carbocycles. The second-order valence-electron chi connectivity index (χ2n) is 4.97. The van der Waals surface area contributed by atoms with Gasteiger partial charge < -0.3 is 14.9 Å². The lowest BCUT2D eigenvalue weighted by molar-refractivity contribution is 0.0917. The lowest BCUT2D eigenvalue weighted by Gasteiger charge is -2.11. The molecular weight excluding hydrogens is 314 g/mol. The average molecular weight is 329 g/mol. The van der Waals surface area contributed by atoms with E-state index in [0.717, 1.165) is 5.56 Å². The molecule has 0 unspecified atom stereocenters. The van der Waals surface area contributed by atoms with E-state index in [1.54, 1.807) is 31.2 Å². The van der Waals surface area contributed by atoms with Crippen molar-refractivity contribution < 1.29 is 14.4 Å². The van der Waals surface area contributed by atoms with Gasteiger partial charge in [0.1, 0.15) is 0 Å². The molecule has 0 aliphatic rings. The first kappa shape index (κ1) is 15.4. The minimum absolute atomic E-state index is 0.132. The Balaban J connectivity index is 1.75. The number of aryl methyl sites for hydroxylation is 1. The number of hydrogen-bond donors (Lipinski definition) is 2. The van der Waals surface area contributed by atoms with Gasteiger partial charge in [-0.05, 0) is 41.4 Å². The van der Waals surface area contributed by atoms with Crippen LogP contribution in [0.25, 0.3) is 11.5 Å². The number of hydrogen-bond acceptors (Lipinski definition) is 6. The number of carbonyl (C=O) groups is 1. The van der Waals surface area contributed by atoms with Crippen molar-refractivity contribution in [2.24, 2.45) is 0 Å². The second-order valence-corrected chi connectivity index (χ2v) is 5.75. The first-order chi connectivity index (χ1) is 11.1. The van der Waals surface area contributed by atoms with Gasteiger partial charge in [-0.1, -0.05) is 17.3 Å². The fourth-order valence-corrected chi connectivity index (χ4v) is 2.85. The SMILES string of the molecule is Cc1noc(-c2ccccc2C(=O)NC[C@H](O)c2ccsc2)n1. The lowest BCUT2D eigenvalue weighted by atomic mass is 10.1. The molecule has 2 N–H and O–H groups in total. The normalized spacial score (nSPS) is 12.1. The Bertz CT molecular complexity index is 799. The molecule has 0 spiro atoms. The molecule has 0 bridgehead atoms. The zero-order chi connectivity index (χ0) is 16.2. The van der Waals surface area contributed by atoms with Crippen molar-refractivity contribution in [3.63, 3.8) is 0 Å². The van der Waals surface area contributed by atoms with Gasteiger partial charge in [0.25, 0.3) is 11.8 Å². The Labute approximate surface area is 136 Å². The summed E-state index contributed by atoms with van der Waals surface area (Å²) in [4.78, 5) is 16.6. The maximum Gasteiger partial charge on any atom is 0.258 e. The predicted molar refractivity (Wildman–Crippen MR) is 86.1 cm³/mol. The highest BCUT2D eigenvalue weighted by Crippen LogP contribution is 2.22. The third-order valence-corrected chi connectivity index (χ3v) is 4.02. The van der Waals surface area contributed by atoms with E-state index < -0.39 is 6.10 Å². The number of nitrogens with zero attached hydrogens (tertiary/aromatic N) is 2. The van der Waals surface area contributed by atoms with Crippen molar-refractivity contribution in [2.75, 3.05) is 6.54 Å². The van der Waals surface area contributed by atoms with E-state index in [9.17, 15) is 9.90 Å². The first-order valence-corrected chi connectivity index (χ1v) is 7.97. The molecule has 2 heterocycles. The fraction of sp³-hybridized carbons (Fsp3) is 0.188. The van der Waals surface area contributed by atoms with Crippen LogP contribution < -0.4 is 5.32 Å². The number of amides is 1. The van der Waals surface area contributed by atoms with E-state index in [1.807, 2.05) is 16.8 Å². The Hall–Kier alpha value is -2.51. The Morgan fingerprint density at radius 2 is 2.22 bits per heavy atom. The summed E-state index contributed by atoms with van der Waals surface area (Å²) in [6.07, 6.45) is -0.733. The number of benzene rings is 1. The van der Waals surface area contributed by atoms with E-state index >= 15 is 0 Å². The van der Waals surface area contributed by atoms with E-state index in [2.05, 4.69) is 15.5 Å². The molecule has 6 nitrogen and oxygen atoms in total.